The summed E-state index contributed by atoms with van der Waals surface area (Å²) in [5.41, 5.74) is 1.19. The number of nitrogens with zero attached hydrogens (tertiary/aromatic N) is 1. The Kier molecular flexibility index (Phi) is 1.55. The van der Waals surface area contributed by atoms with Crippen LogP contribution in [0.1, 0.15) is 22.3 Å². The predicted molar refractivity (Wildman–Crippen MR) is 45.9 cm³/mol. The zero-order valence-corrected chi connectivity index (χ0v) is 6.98. The fraction of sp³-hybridized carbons (Fsp3) is 0.111. The molecular formula is C9H7NO3. The molecule has 0 aliphatic rings. The Morgan fingerprint density at radius 3 is 3.00 bits per heavy atom. The molecule has 0 fully saturated rings. The van der Waals surface area contributed by atoms with Crippen LogP contribution in [-0.4, -0.2) is 16.8 Å². The molecule has 0 bridgehead atoms. The molecule has 0 aliphatic heterocycles. The lowest BCUT2D eigenvalue weighted by molar-refractivity contribution is 0.0941. The summed E-state index contributed by atoms with van der Waals surface area (Å²) in [5.74, 6) is 0.133. The second-order valence-corrected chi connectivity index (χ2v) is 2.72. The molecule has 0 unspecified atom stereocenters. The fourth-order valence-corrected chi connectivity index (χ4v) is 1.28. The third-order valence-electron chi connectivity index (χ3n) is 1.85. The Labute approximate surface area is 73.7 Å². The van der Waals surface area contributed by atoms with E-state index in [2.05, 4.69) is 0 Å². The maximum Gasteiger partial charge on any atom is 0.228 e. The fourth-order valence-electron chi connectivity index (χ4n) is 1.28. The van der Waals surface area contributed by atoms with E-state index in [-0.39, 0.29) is 11.7 Å². The van der Waals surface area contributed by atoms with E-state index in [1.165, 1.54) is 11.5 Å². The van der Waals surface area contributed by atoms with Gasteiger partial charge in [-0.05, 0) is 6.07 Å². The summed E-state index contributed by atoms with van der Waals surface area (Å²) < 4.78 is 6.54. The van der Waals surface area contributed by atoms with Crippen molar-refractivity contribution in [2.75, 3.05) is 0 Å². The number of carbonyl (C=O) groups excluding carboxylic acids is 2. The molecule has 0 saturated carbocycles. The molecule has 66 valence electrons. The summed E-state index contributed by atoms with van der Waals surface area (Å²) in [4.78, 5) is 21.4. The Hall–Kier alpha value is -1.84. The monoisotopic (exact) mass is 177 g/mol. The van der Waals surface area contributed by atoms with Gasteiger partial charge in [0, 0.05) is 19.2 Å². The molecule has 0 atom stereocenters. The maximum absolute atomic E-state index is 11.1. The van der Waals surface area contributed by atoms with E-state index in [4.69, 9.17) is 4.42 Å². The topological polar surface area (TPSA) is 52.2 Å². The molecule has 4 nitrogen and oxygen atoms in total. The molecule has 0 saturated heterocycles. The summed E-state index contributed by atoms with van der Waals surface area (Å²) in [6.45, 7) is 1.45. The summed E-state index contributed by atoms with van der Waals surface area (Å²) in [7, 11) is 0. The quantitative estimate of drug-likeness (QED) is 0.623. The molecule has 2 aromatic rings. The number of carbonyl (C=O) groups is 2. The highest BCUT2D eigenvalue weighted by Crippen LogP contribution is 2.19. The average molecular weight is 177 g/mol. The van der Waals surface area contributed by atoms with Crippen LogP contribution in [0.5, 0.6) is 0 Å². The van der Waals surface area contributed by atoms with Crippen LogP contribution in [0, 0.1) is 0 Å². The normalized spacial score (nSPS) is 10.5. The van der Waals surface area contributed by atoms with Gasteiger partial charge in [-0.15, -0.1) is 0 Å². The Morgan fingerprint density at radius 2 is 2.38 bits per heavy atom. The minimum Gasteiger partial charge on any atom is -0.452 e. The molecule has 4 heteroatoms. The zero-order valence-electron chi connectivity index (χ0n) is 6.98. The number of hydrogen-bond donors (Lipinski definition) is 0. The molecule has 13 heavy (non-hydrogen) atoms. The second kappa shape index (κ2) is 2.58. The summed E-state index contributed by atoms with van der Waals surface area (Å²) in [6, 6.07) is 3.20. The molecule has 0 aromatic carbocycles. The lowest BCUT2D eigenvalue weighted by Crippen LogP contribution is -2.02. The van der Waals surface area contributed by atoms with Crippen molar-refractivity contribution >= 4 is 23.3 Å². The van der Waals surface area contributed by atoms with Gasteiger partial charge in [0.25, 0.3) is 0 Å². The van der Waals surface area contributed by atoms with Crippen LogP contribution in [0.3, 0.4) is 0 Å². The Balaban J connectivity index is 2.71. The van der Waals surface area contributed by atoms with Crippen LogP contribution < -0.4 is 0 Å². The number of aromatic nitrogens is 1. The van der Waals surface area contributed by atoms with Gasteiger partial charge >= 0.3 is 0 Å². The van der Waals surface area contributed by atoms with Gasteiger partial charge < -0.3 is 4.42 Å². The minimum atomic E-state index is -0.103. The van der Waals surface area contributed by atoms with Crippen molar-refractivity contribution in [3.8, 4) is 0 Å². The maximum atomic E-state index is 11.1. The number of hydrogen-bond acceptors (Lipinski definition) is 3. The van der Waals surface area contributed by atoms with Gasteiger partial charge in [0.2, 0.25) is 5.91 Å². The van der Waals surface area contributed by atoms with Crippen LogP contribution in [-0.2, 0) is 0 Å². The van der Waals surface area contributed by atoms with Gasteiger partial charge in [-0.2, -0.15) is 0 Å². The molecule has 0 aliphatic carbocycles. The van der Waals surface area contributed by atoms with Gasteiger partial charge in [-0.1, -0.05) is 0 Å². The van der Waals surface area contributed by atoms with Crippen LogP contribution in [0.25, 0.3) is 11.1 Å². The Morgan fingerprint density at radius 1 is 1.62 bits per heavy atom. The van der Waals surface area contributed by atoms with E-state index in [0.717, 1.165) is 0 Å². The van der Waals surface area contributed by atoms with Gasteiger partial charge in [-0.3, -0.25) is 14.2 Å². The van der Waals surface area contributed by atoms with Crippen LogP contribution >= 0.6 is 0 Å². The van der Waals surface area contributed by atoms with Crippen molar-refractivity contribution in [3.63, 3.8) is 0 Å². The Bertz CT molecular complexity index is 478. The molecule has 2 aromatic heterocycles. The smallest absolute Gasteiger partial charge is 0.228 e. The first-order valence-corrected chi connectivity index (χ1v) is 3.79. The average Bonchev–Trinajstić information content (AvgIpc) is 2.59. The highest BCUT2D eigenvalue weighted by Gasteiger charge is 2.09. The first kappa shape index (κ1) is 7.79. The van der Waals surface area contributed by atoms with Crippen molar-refractivity contribution in [1.82, 2.24) is 4.57 Å². The van der Waals surface area contributed by atoms with E-state index in [9.17, 15) is 9.59 Å². The zero-order chi connectivity index (χ0) is 9.42. The van der Waals surface area contributed by atoms with Gasteiger partial charge in [0.15, 0.2) is 17.6 Å². The highest BCUT2D eigenvalue weighted by atomic mass is 16.3. The van der Waals surface area contributed by atoms with Crippen LogP contribution in [0.4, 0.5) is 0 Å². The van der Waals surface area contributed by atoms with Crippen molar-refractivity contribution in [2.45, 2.75) is 6.92 Å². The molecule has 0 spiro atoms. The lowest BCUT2D eigenvalue weighted by Gasteiger charge is -1.92. The summed E-state index contributed by atoms with van der Waals surface area (Å²) >= 11 is 0. The molecule has 0 radical (unpaired) electrons. The van der Waals surface area contributed by atoms with E-state index >= 15 is 0 Å². The van der Waals surface area contributed by atoms with Crippen molar-refractivity contribution in [1.29, 1.82) is 0 Å². The van der Waals surface area contributed by atoms with E-state index < -0.39 is 0 Å². The SMILES string of the molecule is CC(=O)n1ccc2oc(C=O)cc21. The van der Waals surface area contributed by atoms with E-state index in [1.807, 2.05) is 0 Å². The standard InChI is InChI=1S/C9H7NO3/c1-6(12)10-3-2-9-8(10)4-7(5-11)13-9/h2-5H,1H3. The molecule has 2 rings (SSSR count). The van der Waals surface area contributed by atoms with Gasteiger partial charge in [0.05, 0.1) is 5.52 Å². The van der Waals surface area contributed by atoms with Crippen molar-refractivity contribution in [3.05, 3.63) is 24.1 Å². The first-order valence-electron chi connectivity index (χ1n) is 3.79. The third kappa shape index (κ3) is 1.07. The summed E-state index contributed by atoms with van der Waals surface area (Å²) in [5, 5.41) is 0. The molecule has 0 amide bonds. The van der Waals surface area contributed by atoms with Gasteiger partial charge in [0.1, 0.15) is 0 Å². The largest absolute Gasteiger partial charge is 0.452 e. The van der Waals surface area contributed by atoms with Crippen LogP contribution in [0.15, 0.2) is 22.7 Å². The highest BCUT2D eigenvalue weighted by molar-refractivity contribution is 5.91. The predicted octanol–water partition coefficient (Wildman–Crippen LogP) is 1.71. The third-order valence-corrected chi connectivity index (χ3v) is 1.85. The van der Waals surface area contributed by atoms with Crippen LogP contribution in [0.2, 0.25) is 0 Å². The van der Waals surface area contributed by atoms with Crippen molar-refractivity contribution in [2.24, 2.45) is 0 Å². The number of furan rings is 1. The summed E-state index contributed by atoms with van der Waals surface area (Å²) in [6.07, 6.45) is 2.23. The van der Waals surface area contributed by atoms with E-state index in [0.29, 0.717) is 17.4 Å². The second-order valence-electron chi connectivity index (χ2n) is 2.72. The number of rotatable bonds is 1. The molecular weight excluding hydrogens is 170 g/mol. The lowest BCUT2D eigenvalue weighted by atomic mass is 10.4. The van der Waals surface area contributed by atoms with E-state index in [1.54, 1.807) is 18.3 Å². The minimum absolute atomic E-state index is 0.103. The first-order chi connectivity index (χ1) is 6.22. The number of fused-ring (bicyclic) bond motifs is 1. The molecule has 2 heterocycles. The number of aldehydes is 1. The molecule has 0 N–H and O–H groups in total. The van der Waals surface area contributed by atoms with Gasteiger partial charge in [-0.25, -0.2) is 0 Å². The van der Waals surface area contributed by atoms with Crippen molar-refractivity contribution < 1.29 is 14.0 Å².